The van der Waals surface area contributed by atoms with Gasteiger partial charge in [0.25, 0.3) is 0 Å². The van der Waals surface area contributed by atoms with Gasteiger partial charge in [-0.05, 0) is 60.9 Å². The summed E-state index contributed by atoms with van der Waals surface area (Å²) >= 11 is 6.56. The van der Waals surface area contributed by atoms with Crippen molar-refractivity contribution in [2.24, 2.45) is 5.92 Å². The van der Waals surface area contributed by atoms with Crippen LogP contribution in [-0.2, 0) is 22.4 Å². The Balaban J connectivity index is 1.82. The Morgan fingerprint density at radius 2 is 1.91 bits per heavy atom. The first-order valence-corrected chi connectivity index (χ1v) is 12.9. The van der Waals surface area contributed by atoms with E-state index in [1.165, 1.54) is 0 Å². The molecule has 7 heteroatoms. The third kappa shape index (κ3) is 6.50. The average molecular weight is 486 g/mol. The Bertz CT molecular complexity index is 1100. The molecule has 2 N–H and O–H groups in total. The van der Waals surface area contributed by atoms with E-state index in [4.69, 9.17) is 16.3 Å². The van der Waals surface area contributed by atoms with Crippen LogP contribution in [0.4, 0.5) is 0 Å². The molecular weight excluding hydrogens is 450 g/mol. The number of aromatic nitrogens is 3. The van der Waals surface area contributed by atoms with E-state index in [0.29, 0.717) is 52.5 Å². The summed E-state index contributed by atoms with van der Waals surface area (Å²) in [6.45, 7) is 6.93. The minimum atomic E-state index is -0.184. The minimum Gasteiger partial charge on any atom is -0.507 e. The van der Waals surface area contributed by atoms with E-state index in [0.717, 1.165) is 56.1 Å². The van der Waals surface area contributed by atoms with Crippen molar-refractivity contribution in [3.8, 4) is 16.9 Å². The van der Waals surface area contributed by atoms with Gasteiger partial charge in [-0.15, -0.1) is 0 Å². The fourth-order valence-electron chi connectivity index (χ4n) is 4.22. The molecular formula is C27H36ClN3O3. The molecule has 0 amide bonds. The number of hydrogen-bond acceptors (Lipinski definition) is 5. The smallest absolute Gasteiger partial charge is 0.306 e. The van der Waals surface area contributed by atoms with Crippen LogP contribution < -0.4 is 0 Å². The van der Waals surface area contributed by atoms with Gasteiger partial charge in [0.05, 0.1) is 11.6 Å². The first kappa shape index (κ1) is 26.0. The number of halogens is 1. The average Bonchev–Trinajstić information content (AvgIpc) is 3.31. The van der Waals surface area contributed by atoms with Crippen LogP contribution in [0.5, 0.6) is 5.75 Å². The molecule has 2 aromatic carbocycles. The van der Waals surface area contributed by atoms with Gasteiger partial charge in [-0.25, -0.2) is 0 Å². The van der Waals surface area contributed by atoms with Crippen LogP contribution in [0, 0.1) is 5.92 Å². The van der Waals surface area contributed by atoms with Crippen LogP contribution in [0.15, 0.2) is 24.3 Å². The fourth-order valence-corrected chi connectivity index (χ4v) is 4.48. The highest BCUT2D eigenvalue weighted by atomic mass is 35.5. The summed E-state index contributed by atoms with van der Waals surface area (Å²) in [7, 11) is 0. The number of phenols is 1. The second kappa shape index (κ2) is 12.7. The molecule has 184 valence electrons. The first-order chi connectivity index (χ1) is 16.5. The van der Waals surface area contributed by atoms with Gasteiger partial charge in [-0.2, -0.15) is 15.4 Å². The SMILES string of the molecule is CCCCc1cc(CCC(=O)OCC(CC)CCCC)cc(-c2c(Cl)ccc3n[nH]nc23)c1O. The Morgan fingerprint density at radius 1 is 1.12 bits per heavy atom. The standard InChI is InChI=1S/C27H36ClN3O3/c1-4-7-9-18(6-3)17-34-24(32)14-11-19-15-20(10-8-5-2)27(33)21(16-19)25-22(28)12-13-23-26(25)30-31-29-23/h12-13,15-16,18,33H,4-11,14,17H2,1-3H3,(H,29,30,31). The van der Waals surface area contributed by atoms with Crippen LogP contribution in [0.3, 0.4) is 0 Å². The molecule has 0 bridgehead atoms. The number of ether oxygens (including phenoxy) is 1. The van der Waals surface area contributed by atoms with Gasteiger partial charge >= 0.3 is 5.97 Å². The zero-order valence-corrected chi connectivity index (χ0v) is 21.2. The van der Waals surface area contributed by atoms with Gasteiger partial charge in [0, 0.05) is 17.5 Å². The number of aryl methyl sites for hydroxylation is 2. The van der Waals surface area contributed by atoms with Crippen molar-refractivity contribution in [3.05, 3.63) is 40.4 Å². The number of carbonyl (C=O) groups excluding carboxylic acids is 1. The Morgan fingerprint density at radius 3 is 2.65 bits per heavy atom. The van der Waals surface area contributed by atoms with Crippen molar-refractivity contribution in [2.75, 3.05) is 6.61 Å². The van der Waals surface area contributed by atoms with Crippen molar-refractivity contribution in [1.29, 1.82) is 0 Å². The maximum Gasteiger partial charge on any atom is 0.306 e. The highest BCUT2D eigenvalue weighted by Crippen LogP contribution is 2.41. The van der Waals surface area contributed by atoms with E-state index in [2.05, 4.69) is 36.2 Å². The van der Waals surface area contributed by atoms with Gasteiger partial charge in [0.15, 0.2) is 0 Å². The third-order valence-electron chi connectivity index (χ3n) is 6.40. The molecule has 3 aromatic rings. The van der Waals surface area contributed by atoms with Crippen LogP contribution >= 0.6 is 11.6 Å². The fraction of sp³-hybridized carbons (Fsp3) is 0.519. The number of hydrogen-bond donors (Lipinski definition) is 2. The lowest BCUT2D eigenvalue weighted by Gasteiger charge is -2.16. The number of esters is 1. The van der Waals surface area contributed by atoms with E-state index in [1.807, 2.05) is 12.1 Å². The molecule has 3 rings (SSSR count). The van der Waals surface area contributed by atoms with Gasteiger partial charge in [0.2, 0.25) is 0 Å². The van der Waals surface area contributed by atoms with E-state index >= 15 is 0 Å². The lowest BCUT2D eigenvalue weighted by Crippen LogP contribution is -2.14. The van der Waals surface area contributed by atoms with E-state index in [9.17, 15) is 9.90 Å². The largest absolute Gasteiger partial charge is 0.507 e. The van der Waals surface area contributed by atoms with E-state index < -0.39 is 0 Å². The Hall–Kier alpha value is -2.60. The molecule has 1 heterocycles. The minimum absolute atomic E-state index is 0.184. The van der Waals surface area contributed by atoms with Crippen molar-refractivity contribution in [1.82, 2.24) is 15.4 Å². The summed E-state index contributed by atoms with van der Waals surface area (Å²) in [6.07, 6.45) is 7.97. The third-order valence-corrected chi connectivity index (χ3v) is 6.71. The van der Waals surface area contributed by atoms with Crippen molar-refractivity contribution < 1.29 is 14.6 Å². The van der Waals surface area contributed by atoms with Crippen molar-refractivity contribution in [3.63, 3.8) is 0 Å². The topological polar surface area (TPSA) is 88.1 Å². The number of rotatable bonds is 13. The van der Waals surface area contributed by atoms with E-state index in [-0.39, 0.29) is 11.7 Å². The van der Waals surface area contributed by atoms with Gasteiger partial charge in [-0.1, -0.05) is 64.1 Å². The maximum absolute atomic E-state index is 12.5. The zero-order chi connectivity index (χ0) is 24.5. The molecule has 34 heavy (non-hydrogen) atoms. The first-order valence-electron chi connectivity index (χ1n) is 12.5. The van der Waals surface area contributed by atoms with Crippen LogP contribution in [0.2, 0.25) is 5.02 Å². The maximum atomic E-state index is 12.5. The summed E-state index contributed by atoms with van der Waals surface area (Å²) in [5.74, 6) is 0.449. The van der Waals surface area contributed by atoms with Crippen LogP contribution in [-0.4, -0.2) is 33.1 Å². The quantitative estimate of drug-likeness (QED) is 0.254. The number of nitrogens with zero attached hydrogens (tertiary/aromatic N) is 2. The van der Waals surface area contributed by atoms with Gasteiger partial charge in [0.1, 0.15) is 16.8 Å². The van der Waals surface area contributed by atoms with Crippen LogP contribution in [0.25, 0.3) is 22.2 Å². The molecule has 1 aromatic heterocycles. The molecule has 0 aliphatic rings. The molecule has 0 saturated carbocycles. The monoisotopic (exact) mass is 485 g/mol. The second-order valence-corrected chi connectivity index (χ2v) is 9.38. The Labute approximate surface area is 207 Å². The van der Waals surface area contributed by atoms with Crippen molar-refractivity contribution in [2.45, 2.75) is 78.6 Å². The summed E-state index contributed by atoms with van der Waals surface area (Å²) in [5.41, 5.74) is 4.37. The van der Waals surface area contributed by atoms with Gasteiger partial charge in [-0.3, -0.25) is 4.79 Å². The second-order valence-electron chi connectivity index (χ2n) is 8.97. The molecule has 1 unspecified atom stereocenters. The predicted octanol–water partition coefficient (Wildman–Crippen LogP) is 7.02. The summed E-state index contributed by atoms with van der Waals surface area (Å²) < 4.78 is 5.58. The lowest BCUT2D eigenvalue weighted by molar-refractivity contribution is -0.145. The molecule has 0 saturated heterocycles. The predicted molar refractivity (Wildman–Crippen MR) is 137 cm³/mol. The summed E-state index contributed by atoms with van der Waals surface area (Å²) in [4.78, 5) is 12.5. The normalized spacial score (nSPS) is 12.2. The molecule has 6 nitrogen and oxygen atoms in total. The molecule has 0 aliphatic heterocycles. The number of aromatic hydroxyl groups is 1. The Kier molecular flexibility index (Phi) is 9.75. The zero-order valence-electron chi connectivity index (χ0n) is 20.5. The molecule has 0 fully saturated rings. The number of aromatic amines is 1. The van der Waals surface area contributed by atoms with Gasteiger partial charge < -0.3 is 9.84 Å². The lowest BCUT2D eigenvalue weighted by atomic mass is 9.93. The van der Waals surface area contributed by atoms with E-state index in [1.54, 1.807) is 12.1 Å². The summed E-state index contributed by atoms with van der Waals surface area (Å²) in [6, 6.07) is 7.46. The molecule has 1 atom stereocenters. The molecule has 0 aliphatic carbocycles. The summed E-state index contributed by atoms with van der Waals surface area (Å²) in [5, 5.41) is 22.7. The van der Waals surface area contributed by atoms with Crippen molar-refractivity contribution >= 4 is 28.6 Å². The number of unbranched alkanes of at least 4 members (excludes halogenated alkanes) is 2. The molecule has 0 spiro atoms. The number of carbonyl (C=O) groups is 1. The number of fused-ring (bicyclic) bond motifs is 1. The van der Waals surface area contributed by atoms with Crippen LogP contribution in [0.1, 0.15) is 76.8 Å². The molecule has 0 radical (unpaired) electrons. The number of phenolic OH excluding ortho intramolecular Hbond substituents is 1. The number of nitrogens with one attached hydrogen (secondary N) is 1. The highest BCUT2D eigenvalue weighted by molar-refractivity contribution is 6.35. The highest BCUT2D eigenvalue weighted by Gasteiger charge is 2.19. The number of H-pyrrole nitrogens is 1. The number of benzene rings is 2.